The van der Waals surface area contributed by atoms with Crippen molar-refractivity contribution in [3.05, 3.63) is 255 Å². The molecule has 6 heterocycles. The summed E-state index contributed by atoms with van der Waals surface area (Å²) in [5, 5.41) is 12.9. The molecule has 19 aromatic rings. The molecule has 0 aliphatic heterocycles. The van der Waals surface area contributed by atoms with Crippen molar-refractivity contribution in [3.8, 4) is 66.8 Å². The molecule has 0 saturated heterocycles. The summed E-state index contributed by atoms with van der Waals surface area (Å²) in [5.74, 6) is 0. The monoisotopic (exact) mass is 1070 g/mol. The van der Waals surface area contributed by atoms with Gasteiger partial charge in [-0.25, -0.2) is 0 Å². The van der Waals surface area contributed by atoms with E-state index in [0.29, 0.717) is 0 Å². The first-order valence-electron chi connectivity index (χ1n) is 28.4. The second-order valence-electron chi connectivity index (χ2n) is 22.4. The summed E-state index contributed by atoms with van der Waals surface area (Å²) >= 11 is 0. The minimum atomic E-state index is 0.786. The number of nitrogens with one attached hydrogen (secondary N) is 1. The average Bonchev–Trinajstić information content (AvgIpc) is 3.07. The van der Waals surface area contributed by atoms with Crippen molar-refractivity contribution >= 4 is 131 Å². The maximum Gasteiger partial charge on any atom is 0.139 e. The number of furan rings is 5. The predicted molar refractivity (Wildman–Crippen MR) is 345 cm³/mol. The highest BCUT2D eigenvalue weighted by Crippen LogP contribution is 2.45. The summed E-state index contributed by atoms with van der Waals surface area (Å²) < 4.78 is 32.7. The largest absolute Gasteiger partial charge is 0.456 e. The van der Waals surface area contributed by atoms with Crippen molar-refractivity contribution in [1.82, 2.24) is 4.98 Å². The molecular formula is C78H43NO5. The van der Waals surface area contributed by atoms with Crippen LogP contribution in [-0.2, 0) is 0 Å². The maximum atomic E-state index is 6.62. The van der Waals surface area contributed by atoms with E-state index in [0.717, 1.165) is 182 Å². The van der Waals surface area contributed by atoms with Gasteiger partial charge in [-0.15, -0.1) is 0 Å². The number of benzene rings is 13. The van der Waals surface area contributed by atoms with E-state index in [-0.39, 0.29) is 0 Å². The Morgan fingerprint density at radius 1 is 0.155 bits per heavy atom. The normalized spacial score (nSPS) is 12.3. The number of hydrogen-bond donors (Lipinski definition) is 1. The van der Waals surface area contributed by atoms with Gasteiger partial charge in [0.05, 0.1) is 5.52 Å². The standard InChI is InChI=1S/C78H43NO5/c1-4-10-43(11-5-1)46-17-23-69-57(32-46)62-37-56-55-31-49(16-22-67(55)79-68(56)40-74(62)80-69)52-28-53(50-20-26-72-60(35-50)65-38-63-58-33-47(44-12-6-2-7-13-44)18-24-70(58)81-75(63)41-77(65)83-72)30-54(29-52)51-21-27-73-61(36-51)66-39-64-59-34-48(45-14-8-3-9-15-45)19-25-71(59)82-76(64)42-78(66)84-73/h1-42,79H. The smallest absolute Gasteiger partial charge is 0.139 e. The third-order valence-corrected chi connectivity index (χ3v) is 17.6. The lowest BCUT2D eigenvalue weighted by Gasteiger charge is -2.12. The zero-order valence-corrected chi connectivity index (χ0v) is 44.8. The Balaban J connectivity index is 0.787. The van der Waals surface area contributed by atoms with Gasteiger partial charge in [0.15, 0.2) is 0 Å². The minimum absolute atomic E-state index is 0.786. The SMILES string of the molecule is c1ccc(-c2ccc3oc4cc5[nH]c6ccc(-c7cc(-c8ccc9oc%10cc%11oc%12ccc(-c%13ccccc%13)cc%12c%11cc%10c9c8)cc(-c8ccc9oc%10cc%11oc%12ccc(-c%13ccccc%13)cc%12c%11cc%10c9c8)c7)cc6c5cc4c3c2)cc1. The van der Waals surface area contributed by atoms with Gasteiger partial charge in [0, 0.05) is 88.4 Å². The lowest BCUT2D eigenvalue weighted by molar-refractivity contribution is 0.655. The fraction of sp³-hybridized carbons (Fsp3) is 0. The first-order valence-corrected chi connectivity index (χ1v) is 28.4. The molecule has 1 N–H and O–H groups in total. The first kappa shape index (κ1) is 45.4. The molecule has 0 spiro atoms. The number of rotatable bonds is 6. The van der Waals surface area contributed by atoms with Crippen molar-refractivity contribution in [2.75, 3.05) is 0 Å². The quantitative estimate of drug-likeness (QED) is 0.179. The fourth-order valence-electron chi connectivity index (χ4n) is 13.4. The van der Waals surface area contributed by atoms with Crippen LogP contribution in [0.1, 0.15) is 0 Å². The second kappa shape index (κ2) is 17.1. The van der Waals surface area contributed by atoms with Crippen LogP contribution in [0.3, 0.4) is 0 Å². The molecule has 0 aliphatic rings. The lowest BCUT2D eigenvalue weighted by atomic mass is 9.92. The molecular weight excluding hydrogens is 1030 g/mol. The molecule has 390 valence electrons. The molecule has 84 heavy (non-hydrogen) atoms. The zero-order valence-electron chi connectivity index (χ0n) is 44.8. The summed E-state index contributed by atoms with van der Waals surface area (Å²) in [6.45, 7) is 0. The summed E-state index contributed by atoms with van der Waals surface area (Å²) in [7, 11) is 0. The summed E-state index contributed by atoms with van der Waals surface area (Å²) in [6, 6.07) is 90.9. The second-order valence-corrected chi connectivity index (χ2v) is 22.4. The molecule has 0 atom stereocenters. The Labute approximate surface area is 477 Å². The summed E-state index contributed by atoms with van der Waals surface area (Å²) in [5.41, 5.74) is 23.8. The van der Waals surface area contributed by atoms with E-state index in [2.05, 4.69) is 248 Å². The maximum absolute atomic E-state index is 6.62. The van der Waals surface area contributed by atoms with Gasteiger partial charge in [-0.1, -0.05) is 127 Å². The molecule has 0 fully saturated rings. The van der Waals surface area contributed by atoms with Crippen LogP contribution in [0.4, 0.5) is 0 Å². The van der Waals surface area contributed by atoms with Gasteiger partial charge in [-0.05, 0) is 176 Å². The van der Waals surface area contributed by atoms with Gasteiger partial charge in [0.25, 0.3) is 0 Å². The van der Waals surface area contributed by atoms with Crippen molar-refractivity contribution in [3.63, 3.8) is 0 Å². The van der Waals surface area contributed by atoms with Crippen LogP contribution in [-0.4, -0.2) is 4.98 Å². The highest BCUT2D eigenvalue weighted by Gasteiger charge is 2.20. The highest BCUT2D eigenvalue weighted by atomic mass is 16.4. The van der Waals surface area contributed by atoms with Crippen LogP contribution in [0.25, 0.3) is 198 Å². The van der Waals surface area contributed by atoms with Crippen molar-refractivity contribution in [2.45, 2.75) is 0 Å². The minimum Gasteiger partial charge on any atom is -0.456 e. The van der Waals surface area contributed by atoms with Gasteiger partial charge in [-0.2, -0.15) is 0 Å². The van der Waals surface area contributed by atoms with Gasteiger partial charge >= 0.3 is 0 Å². The van der Waals surface area contributed by atoms with E-state index in [9.17, 15) is 0 Å². The molecule has 0 aliphatic carbocycles. The van der Waals surface area contributed by atoms with Gasteiger partial charge in [0.1, 0.15) is 55.8 Å². The van der Waals surface area contributed by atoms with Crippen molar-refractivity contribution in [1.29, 1.82) is 0 Å². The molecule has 13 aromatic carbocycles. The van der Waals surface area contributed by atoms with Crippen LogP contribution < -0.4 is 0 Å². The topological polar surface area (TPSA) is 81.5 Å². The van der Waals surface area contributed by atoms with E-state index >= 15 is 0 Å². The number of hydrogen-bond acceptors (Lipinski definition) is 5. The molecule has 0 unspecified atom stereocenters. The Morgan fingerprint density at radius 3 is 0.762 bits per heavy atom. The molecule has 6 heteroatoms. The molecule has 0 saturated carbocycles. The molecule has 0 bridgehead atoms. The van der Waals surface area contributed by atoms with Crippen molar-refractivity contribution < 1.29 is 22.1 Å². The van der Waals surface area contributed by atoms with Crippen LogP contribution in [0, 0.1) is 0 Å². The first-order chi connectivity index (χ1) is 41.5. The summed E-state index contributed by atoms with van der Waals surface area (Å²) in [4.78, 5) is 3.73. The highest BCUT2D eigenvalue weighted by molar-refractivity contribution is 6.20. The summed E-state index contributed by atoms with van der Waals surface area (Å²) in [6.07, 6.45) is 0. The Morgan fingerprint density at radius 2 is 0.417 bits per heavy atom. The van der Waals surface area contributed by atoms with Crippen LogP contribution in [0.2, 0.25) is 0 Å². The molecule has 6 aromatic heterocycles. The number of aromatic nitrogens is 1. The molecule has 6 nitrogen and oxygen atoms in total. The molecule has 0 radical (unpaired) electrons. The fourth-order valence-corrected chi connectivity index (χ4v) is 13.4. The lowest BCUT2D eigenvalue weighted by Crippen LogP contribution is -1.87. The third kappa shape index (κ3) is 6.92. The van der Waals surface area contributed by atoms with E-state index in [4.69, 9.17) is 22.1 Å². The average molecular weight is 1070 g/mol. The van der Waals surface area contributed by atoms with Crippen LogP contribution in [0.15, 0.2) is 277 Å². The van der Waals surface area contributed by atoms with Crippen LogP contribution >= 0.6 is 0 Å². The van der Waals surface area contributed by atoms with E-state index in [1.54, 1.807) is 0 Å². The predicted octanol–water partition coefficient (Wildman–Crippen LogP) is 22.8. The van der Waals surface area contributed by atoms with Crippen molar-refractivity contribution in [2.24, 2.45) is 0 Å². The van der Waals surface area contributed by atoms with E-state index < -0.39 is 0 Å². The number of fused-ring (bicyclic) bond motifs is 18. The van der Waals surface area contributed by atoms with Crippen LogP contribution in [0.5, 0.6) is 0 Å². The third-order valence-electron chi connectivity index (χ3n) is 17.6. The molecule has 19 rings (SSSR count). The number of aromatic amines is 1. The molecule has 0 amide bonds. The Kier molecular flexibility index (Phi) is 9.24. The Bertz CT molecular complexity index is 5370. The van der Waals surface area contributed by atoms with E-state index in [1.165, 1.54) is 16.7 Å². The zero-order chi connectivity index (χ0) is 54.7. The number of H-pyrrole nitrogens is 1. The van der Waals surface area contributed by atoms with Gasteiger partial charge in [-0.3, -0.25) is 0 Å². The van der Waals surface area contributed by atoms with Gasteiger partial charge in [0.2, 0.25) is 0 Å². The Hall–Kier alpha value is -11.3. The van der Waals surface area contributed by atoms with E-state index in [1.807, 2.05) is 12.1 Å². The van der Waals surface area contributed by atoms with Gasteiger partial charge < -0.3 is 27.1 Å².